The van der Waals surface area contributed by atoms with Gasteiger partial charge in [0, 0.05) is 30.0 Å². The lowest BCUT2D eigenvalue weighted by Gasteiger charge is -2.10. The molecule has 1 fully saturated rings. The molecule has 0 amide bonds. The molecule has 1 aromatic heterocycles. The summed E-state index contributed by atoms with van der Waals surface area (Å²) in [6, 6.07) is 4.49. The van der Waals surface area contributed by atoms with Gasteiger partial charge in [-0.2, -0.15) is 0 Å². The van der Waals surface area contributed by atoms with E-state index in [1.807, 2.05) is 0 Å². The molecular weight excluding hydrogens is 317 g/mol. The molecule has 1 saturated heterocycles. The molecule has 21 heavy (non-hydrogen) atoms. The number of nitrogens with zero attached hydrogens (tertiary/aromatic N) is 1. The average Bonchev–Trinajstić information content (AvgIpc) is 3.03. The van der Waals surface area contributed by atoms with Crippen molar-refractivity contribution in [3.8, 4) is 0 Å². The van der Waals surface area contributed by atoms with Crippen molar-refractivity contribution in [3.05, 3.63) is 30.2 Å². The van der Waals surface area contributed by atoms with Crippen molar-refractivity contribution >= 4 is 30.6 Å². The second kappa shape index (κ2) is 5.59. The molecule has 7 heteroatoms. The molecule has 1 aromatic carbocycles. The van der Waals surface area contributed by atoms with E-state index in [9.17, 15) is 12.8 Å². The number of hydrogen-bond acceptors (Lipinski definition) is 3. The SMILES string of the molecule is O=S(=O)(Cl)c1cn(CCC2CCCO2)c2cccc(F)c12. The van der Waals surface area contributed by atoms with Crippen LogP contribution in [-0.2, 0) is 20.3 Å². The normalized spacial score (nSPS) is 19.4. The van der Waals surface area contributed by atoms with Crippen molar-refractivity contribution in [2.75, 3.05) is 6.61 Å². The fourth-order valence-corrected chi connectivity index (χ4v) is 3.85. The Bertz CT molecular complexity index is 766. The maximum atomic E-state index is 14.0. The van der Waals surface area contributed by atoms with E-state index in [0.717, 1.165) is 25.9 Å². The van der Waals surface area contributed by atoms with Crippen molar-refractivity contribution in [1.29, 1.82) is 0 Å². The minimum atomic E-state index is -3.99. The minimum Gasteiger partial charge on any atom is -0.378 e. The van der Waals surface area contributed by atoms with Crippen LogP contribution < -0.4 is 0 Å². The molecule has 0 aliphatic carbocycles. The second-order valence-electron chi connectivity index (χ2n) is 5.18. The van der Waals surface area contributed by atoms with Crippen LogP contribution in [0.1, 0.15) is 19.3 Å². The van der Waals surface area contributed by atoms with Crippen molar-refractivity contribution in [2.45, 2.75) is 36.8 Å². The molecule has 2 heterocycles. The molecular formula is C14H15ClFNO3S. The number of benzene rings is 1. The zero-order valence-corrected chi connectivity index (χ0v) is 12.8. The number of halogens is 2. The first kappa shape index (κ1) is 14.8. The molecule has 0 N–H and O–H groups in total. The summed E-state index contributed by atoms with van der Waals surface area (Å²) in [6.07, 6.45) is 4.42. The van der Waals surface area contributed by atoms with Gasteiger partial charge in [-0.1, -0.05) is 6.07 Å². The highest BCUT2D eigenvalue weighted by atomic mass is 35.7. The summed E-state index contributed by atoms with van der Waals surface area (Å²) in [5, 5.41) is 0.0554. The van der Waals surface area contributed by atoms with Crippen molar-refractivity contribution in [1.82, 2.24) is 4.57 Å². The van der Waals surface area contributed by atoms with Crippen LogP contribution in [0.25, 0.3) is 10.9 Å². The minimum absolute atomic E-state index is 0.0554. The van der Waals surface area contributed by atoms with Gasteiger partial charge >= 0.3 is 0 Å². The van der Waals surface area contributed by atoms with Gasteiger partial charge in [0.05, 0.1) is 17.0 Å². The van der Waals surface area contributed by atoms with E-state index in [1.54, 1.807) is 16.7 Å². The zero-order valence-electron chi connectivity index (χ0n) is 11.3. The van der Waals surface area contributed by atoms with Gasteiger partial charge in [0.25, 0.3) is 9.05 Å². The molecule has 1 unspecified atom stereocenters. The molecule has 1 aliphatic rings. The Balaban J connectivity index is 2.00. The molecule has 0 spiro atoms. The lowest BCUT2D eigenvalue weighted by molar-refractivity contribution is 0.101. The van der Waals surface area contributed by atoms with Gasteiger partial charge in [0.2, 0.25) is 0 Å². The van der Waals surface area contributed by atoms with Gasteiger partial charge in [0.15, 0.2) is 0 Å². The summed E-state index contributed by atoms with van der Waals surface area (Å²) >= 11 is 0. The smallest absolute Gasteiger partial charge is 0.263 e. The van der Waals surface area contributed by atoms with E-state index in [2.05, 4.69) is 0 Å². The lowest BCUT2D eigenvalue weighted by Crippen LogP contribution is -2.09. The fourth-order valence-electron chi connectivity index (χ4n) is 2.80. The third kappa shape index (κ3) is 2.93. The van der Waals surface area contributed by atoms with E-state index < -0.39 is 14.9 Å². The Hall–Kier alpha value is -1.11. The van der Waals surface area contributed by atoms with E-state index in [4.69, 9.17) is 15.4 Å². The Morgan fingerprint density at radius 2 is 2.24 bits per heavy atom. The molecule has 3 rings (SSSR count). The van der Waals surface area contributed by atoms with Gasteiger partial charge in [0.1, 0.15) is 10.7 Å². The number of aromatic nitrogens is 1. The van der Waals surface area contributed by atoms with Crippen LogP contribution in [0, 0.1) is 5.82 Å². The Labute approximate surface area is 126 Å². The Kier molecular flexibility index (Phi) is 3.94. The van der Waals surface area contributed by atoms with Crippen LogP contribution in [-0.4, -0.2) is 25.7 Å². The third-order valence-corrected chi connectivity index (χ3v) is 5.13. The fraction of sp³-hybridized carbons (Fsp3) is 0.429. The maximum absolute atomic E-state index is 14.0. The number of ether oxygens (including phenoxy) is 1. The van der Waals surface area contributed by atoms with Crippen molar-refractivity contribution in [3.63, 3.8) is 0 Å². The highest BCUT2D eigenvalue weighted by Gasteiger charge is 2.22. The van der Waals surface area contributed by atoms with Crippen LogP contribution in [0.15, 0.2) is 29.3 Å². The number of fused-ring (bicyclic) bond motifs is 1. The maximum Gasteiger partial charge on any atom is 0.263 e. The van der Waals surface area contributed by atoms with E-state index in [-0.39, 0.29) is 16.4 Å². The number of aryl methyl sites for hydroxylation is 1. The average molecular weight is 332 g/mol. The molecule has 0 saturated carbocycles. The van der Waals surface area contributed by atoms with Crippen LogP contribution in [0.2, 0.25) is 0 Å². The lowest BCUT2D eigenvalue weighted by atomic mass is 10.2. The van der Waals surface area contributed by atoms with E-state index in [1.165, 1.54) is 12.3 Å². The number of hydrogen-bond donors (Lipinski definition) is 0. The summed E-state index contributed by atoms with van der Waals surface area (Å²) in [5.74, 6) is -0.581. The first-order chi connectivity index (χ1) is 9.97. The van der Waals surface area contributed by atoms with Crippen molar-refractivity contribution in [2.24, 2.45) is 0 Å². The highest BCUT2D eigenvalue weighted by Crippen LogP contribution is 2.30. The summed E-state index contributed by atoms with van der Waals surface area (Å²) in [6.45, 7) is 1.34. The van der Waals surface area contributed by atoms with Gasteiger partial charge < -0.3 is 9.30 Å². The molecule has 1 aliphatic heterocycles. The predicted molar refractivity (Wildman–Crippen MR) is 78.5 cm³/mol. The topological polar surface area (TPSA) is 48.3 Å². The molecule has 1 atom stereocenters. The standard InChI is InChI=1S/C14H15ClFNO3S/c15-21(18,19)13-9-17(7-6-10-3-2-8-20-10)12-5-1-4-11(16)14(12)13/h1,4-5,9-10H,2-3,6-8H2. The van der Waals surface area contributed by atoms with Gasteiger partial charge in [-0.15, -0.1) is 0 Å². The van der Waals surface area contributed by atoms with Crippen LogP contribution in [0.5, 0.6) is 0 Å². The molecule has 0 radical (unpaired) electrons. The highest BCUT2D eigenvalue weighted by molar-refractivity contribution is 8.14. The first-order valence-electron chi connectivity index (χ1n) is 6.80. The quantitative estimate of drug-likeness (QED) is 0.808. The molecule has 4 nitrogen and oxygen atoms in total. The Morgan fingerprint density at radius 1 is 1.43 bits per heavy atom. The molecule has 2 aromatic rings. The summed E-state index contributed by atoms with van der Waals surface area (Å²) in [7, 11) is 1.43. The second-order valence-corrected chi connectivity index (χ2v) is 7.72. The predicted octanol–water partition coefficient (Wildman–Crippen LogP) is 3.28. The van der Waals surface area contributed by atoms with Crippen LogP contribution in [0.4, 0.5) is 4.39 Å². The molecule has 114 valence electrons. The van der Waals surface area contributed by atoms with Gasteiger partial charge in [-0.05, 0) is 31.4 Å². The van der Waals surface area contributed by atoms with E-state index in [0.29, 0.717) is 12.1 Å². The first-order valence-corrected chi connectivity index (χ1v) is 9.11. The van der Waals surface area contributed by atoms with Crippen molar-refractivity contribution < 1.29 is 17.5 Å². The summed E-state index contributed by atoms with van der Waals surface area (Å²) in [5.41, 5.74) is 0.534. The van der Waals surface area contributed by atoms with Crippen LogP contribution >= 0.6 is 10.7 Å². The zero-order chi connectivity index (χ0) is 15.0. The largest absolute Gasteiger partial charge is 0.378 e. The monoisotopic (exact) mass is 331 g/mol. The van der Waals surface area contributed by atoms with Gasteiger partial charge in [-0.25, -0.2) is 12.8 Å². The number of rotatable bonds is 4. The molecule has 0 bridgehead atoms. The van der Waals surface area contributed by atoms with E-state index >= 15 is 0 Å². The summed E-state index contributed by atoms with van der Waals surface area (Å²) in [4.78, 5) is -0.176. The van der Waals surface area contributed by atoms with Crippen LogP contribution in [0.3, 0.4) is 0 Å². The third-order valence-electron chi connectivity index (χ3n) is 3.80. The Morgan fingerprint density at radius 3 is 2.90 bits per heavy atom. The summed E-state index contributed by atoms with van der Waals surface area (Å²) < 4.78 is 44.5. The van der Waals surface area contributed by atoms with Gasteiger partial charge in [-0.3, -0.25) is 0 Å².